The molecule has 8 nitrogen and oxygen atoms in total. The number of hydrazine groups is 1. The van der Waals surface area contributed by atoms with E-state index in [9.17, 15) is 9.59 Å². The number of carbonyl (C=O) groups excluding carboxylic acids is 2. The minimum atomic E-state index is -0.203. The molecule has 0 spiro atoms. The third-order valence-corrected chi connectivity index (χ3v) is 8.61. The van der Waals surface area contributed by atoms with Gasteiger partial charge in [0.15, 0.2) is 0 Å². The van der Waals surface area contributed by atoms with E-state index in [4.69, 9.17) is 4.74 Å². The predicted octanol–water partition coefficient (Wildman–Crippen LogP) is 2.06. The van der Waals surface area contributed by atoms with Crippen LogP contribution in [0, 0.1) is 23.7 Å². The number of carbonyl (C=O) groups is 2. The third-order valence-electron chi connectivity index (χ3n) is 8.61. The zero-order valence-corrected chi connectivity index (χ0v) is 20.7. The fourth-order valence-corrected chi connectivity index (χ4v) is 6.78. The summed E-state index contributed by atoms with van der Waals surface area (Å²) in [6, 6.07) is 0.258. The fraction of sp³-hybridized carbons (Fsp3) is 0.920. The zero-order chi connectivity index (χ0) is 23.1. The summed E-state index contributed by atoms with van der Waals surface area (Å²) in [5.74, 6) is 2.47. The van der Waals surface area contributed by atoms with Gasteiger partial charge in [-0.2, -0.15) is 0 Å². The van der Waals surface area contributed by atoms with Crippen molar-refractivity contribution in [1.82, 2.24) is 25.6 Å². The van der Waals surface area contributed by atoms with Gasteiger partial charge in [0.2, 0.25) is 5.91 Å². The van der Waals surface area contributed by atoms with E-state index in [0.29, 0.717) is 24.3 Å². The van der Waals surface area contributed by atoms with E-state index in [1.807, 2.05) is 18.7 Å². The van der Waals surface area contributed by atoms with Gasteiger partial charge in [-0.1, -0.05) is 0 Å². The van der Waals surface area contributed by atoms with Crippen LogP contribution in [0.1, 0.15) is 59.3 Å². The van der Waals surface area contributed by atoms with Crippen LogP contribution in [0.5, 0.6) is 0 Å². The van der Waals surface area contributed by atoms with Gasteiger partial charge in [-0.05, 0) is 90.1 Å². The maximum atomic E-state index is 13.2. The summed E-state index contributed by atoms with van der Waals surface area (Å²) in [4.78, 5) is 30.4. The molecule has 186 valence electrons. The average Bonchev–Trinajstić information content (AvgIpc) is 3.31. The van der Waals surface area contributed by atoms with Crippen LogP contribution in [0.25, 0.3) is 0 Å². The number of nitrogens with zero attached hydrogens (tertiary/aromatic N) is 3. The molecule has 0 radical (unpaired) electrons. The summed E-state index contributed by atoms with van der Waals surface area (Å²) in [5.41, 5.74) is 3.66. The normalized spacial score (nSPS) is 37.5. The molecule has 2 saturated carbocycles. The lowest BCUT2D eigenvalue weighted by Gasteiger charge is -2.54. The van der Waals surface area contributed by atoms with Crippen LogP contribution in [0.2, 0.25) is 0 Å². The van der Waals surface area contributed by atoms with Gasteiger partial charge in [-0.15, -0.1) is 0 Å². The molecule has 3 aliphatic heterocycles. The van der Waals surface area contributed by atoms with E-state index in [2.05, 4.69) is 27.6 Å². The Morgan fingerprint density at radius 1 is 1.00 bits per heavy atom. The Balaban J connectivity index is 1.27. The summed E-state index contributed by atoms with van der Waals surface area (Å²) >= 11 is 0. The minimum absolute atomic E-state index is 0.0549. The standard InChI is InChI=1S/C25H43N5O3/c1-16(2)33-25(32)29-13-17(3)30(24(31)19-4-5-19)22-7-6-20(10-23(22)29)21-12-27-28(15-21)14-18-8-9-26-11-18/h16-23,26-27H,4-15H2,1-3H3/t17-,18-,20?,21?,22?,23?/m0/s1. The van der Waals surface area contributed by atoms with E-state index < -0.39 is 0 Å². The van der Waals surface area contributed by atoms with Crippen LogP contribution in [0.15, 0.2) is 0 Å². The molecule has 2 aliphatic carbocycles. The maximum absolute atomic E-state index is 13.2. The third kappa shape index (κ3) is 5.03. The van der Waals surface area contributed by atoms with Crippen LogP contribution in [0.4, 0.5) is 4.79 Å². The molecule has 0 aromatic rings. The van der Waals surface area contributed by atoms with Crippen molar-refractivity contribution in [2.24, 2.45) is 23.7 Å². The second kappa shape index (κ2) is 9.70. The van der Waals surface area contributed by atoms with Crippen LogP contribution in [-0.4, -0.2) is 90.3 Å². The Kier molecular flexibility index (Phi) is 6.87. The quantitative estimate of drug-likeness (QED) is 0.653. The summed E-state index contributed by atoms with van der Waals surface area (Å²) in [6.07, 6.45) is 6.10. The molecule has 0 bridgehead atoms. The van der Waals surface area contributed by atoms with Crippen LogP contribution in [-0.2, 0) is 9.53 Å². The average molecular weight is 462 g/mol. The van der Waals surface area contributed by atoms with Gasteiger partial charge in [0.1, 0.15) is 0 Å². The molecule has 2 amide bonds. The molecular formula is C25H43N5O3. The number of hydrogen-bond donors (Lipinski definition) is 2. The summed E-state index contributed by atoms with van der Waals surface area (Å²) in [6.45, 7) is 12.0. The molecule has 33 heavy (non-hydrogen) atoms. The Bertz CT molecular complexity index is 723. The topological polar surface area (TPSA) is 77.2 Å². The number of piperazine rings is 1. The molecule has 8 heteroatoms. The highest BCUT2D eigenvalue weighted by Crippen LogP contribution is 2.42. The van der Waals surface area contributed by atoms with Crippen molar-refractivity contribution in [1.29, 1.82) is 0 Å². The predicted molar refractivity (Wildman–Crippen MR) is 126 cm³/mol. The highest BCUT2D eigenvalue weighted by atomic mass is 16.6. The van der Waals surface area contributed by atoms with Crippen LogP contribution in [0.3, 0.4) is 0 Å². The second-order valence-electron chi connectivity index (χ2n) is 11.5. The fourth-order valence-electron chi connectivity index (χ4n) is 6.78. The van der Waals surface area contributed by atoms with Crippen molar-refractivity contribution in [3.63, 3.8) is 0 Å². The molecule has 5 aliphatic rings. The number of rotatable bonds is 5. The van der Waals surface area contributed by atoms with Gasteiger partial charge in [0.25, 0.3) is 0 Å². The highest BCUT2D eigenvalue weighted by Gasteiger charge is 2.51. The largest absolute Gasteiger partial charge is 0.447 e. The lowest BCUT2D eigenvalue weighted by molar-refractivity contribution is -0.146. The lowest BCUT2D eigenvalue weighted by Crippen LogP contribution is -2.67. The van der Waals surface area contributed by atoms with Gasteiger partial charge in [-0.25, -0.2) is 9.80 Å². The molecule has 0 aromatic carbocycles. The van der Waals surface area contributed by atoms with E-state index in [0.717, 1.165) is 70.7 Å². The van der Waals surface area contributed by atoms with Crippen molar-refractivity contribution in [2.75, 3.05) is 39.3 Å². The molecule has 4 unspecified atom stereocenters. The van der Waals surface area contributed by atoms with E-state index in [1.165, 1.54) is 6.42 Å². The summed E-state index contributed by atoms with van der Waals surface area (Å²) in [7, 11) is 0. The summed E-state index contributed by atoms with van der Waals surface area (Å²) in [5, 5.41) is 5.91. The van der Waals surface area contributed by atoms with Crippen molar-refractivity contribution in [3.8, 4) is 0 Å². The number of hydrogen-bond acceptors (Lipinski definition) is 6. The number of fused-ring (bicyclic) bond motifs is 1. The van der Waals surface area contributed by atoms with Crippen molar-refractivity contribution in [3.05, 3.63) is 0 Å². The van der Waals surface area contributed by atoms with Crippen molar-refractivity contribution < 1.29 is 14.3 Å². The first-order valence-corrected chi connectivity index (χ1v) is 13.4. The SMILES string of the molecule is CC(C)OC(=O)N1C[C@H](C)N(C(=O)C2CC2)C2CCC(C3CNN(C[C@H]4CCNC4)C3)CC21. The molecule has 5 fully saturated rings. The van der Waals surface area contributed by atoms with Gasteiger partial charge in [-0.3, -0.25) is 10.2 Å². The van der Waals surface area contributed by atoms with E-state index in [-0.39, 0.29) is 36.2 Å². The van der Waals surface area contributed by atoms with Gasteiger partial charge in [0.05, 0.1) is 18.2 Å². The minimum Gasteiger partial charge on any atom is -0.447 e. The van der Waals surface area contributed by atoms with Gasteiger partial charge < -0.3 is 19.9 Å². The molecular weight excluding hydrogens is 418 g/mol. The number of ether oxygens (including phenoxy) is 1. The zero-order valence-electron chi connectivity index (χ0n) is 20.7. The first-order valence-electron chi connectivity index (χ1n) is 13.4. The Hall–Kier alpha value is -1.38. The van der Waals surface area contributed by atoms with Crippen LogP contribution < -0.4 is 10.7 Å². The monoisotopic (exact) mass is 461 g/mol. The van der Waals surface area contributed by atoms with E-state index in [1.54, 1.807) is 0 Å². The molecule has 6 atom stereocenters. The van der Waals surface area contributed by atoms with Gasteiger partial charge in [0, 0.05) is 38.1 Å². The first kappa shape index (κ1) is 23.4. The van der Waals surface area contributed by atoms with E-state index >= 15 is 0 Å². The Morgan fingerprint density at radius 3 is 2.52 bits per heavy atom. The Labute approximate surface area is 198 Å². The maximum Gasteiger partial charge on any atom is 0.410 e. The Morgan fingerprint density at radius 2 is 1.82 bits per heavy atom. The molecule has 3 saturated heterocycles. The molecule has 5 rings (SSSR count). The van der Waals surface area contributed by atoms with Gasteiger partial charge >= 0.3 is 6.09 Å². The smallest absolute Gasteiger partial charge is 0.410 e. The number of nitrogens with one attached hydrogen (secondary N) is 2. The first-order chi connectivity index (χ1) is 15.9. The second-order valence-corrected chi connectivity index (χ2v) is 11.5. The highest BCUT2D eigenvalue weighted by molar-refractivity contribution is 5.82. The lowest BCUT2D eigenvalue weighted by atomic mass is 9.73. The summed E-state index contributed by atoms with van der Waals surface area (Å²) < 4.78 is 5.65. The van der Waals surface area contributed by atoms with Crippen molar-refractivity contribution in [2.45, 2.75) is 83.5 Å². The molecule has 3 heterocycles. The van der Waals surface area contributed by atoms with Crippen molar-refractivity contribution >= 4 is 12.0 Å². The van der Waals surface area contributed by atoms with Crippen LogP contribution >= 0.6 is 0 Å². The number of amides is 2. The molecule has 0 aromatic heterocycles. The molecule has 2 N–H and O–H groups in total.